The van der Waals surface area contributed by atoms with Gasteiger partial charge in [-0.25, -0.2) is 9.37 Å². The zero-order chi connectivity index (χ0) is 17.6. The molecule has 2 heterocycles. The molecule has 0 saturated heterocycles. The zero-order valence-corrected chi connectivity index (χ0v) is 13.5. The maximum atomic E-state index is 13.2. The van der Waals surface area contributed by atoms with Crippen LogP contribution >= 0.6 is 11.3 Å². The van der Waals surface area contributed by atoms with Crippen LogP contribution in [0.25, 0.3) is 10.9 Å². The van der Waals surface area contributed by atoms with Gasteiger partial charge in [0.2, 0.25) is 5.78 Å². The normalized spacial score (nSPS) is 13.3. The molecule has 2 aromatic heterocycles. The maximum Gasteiger partial charge on any atom is 0.223 e. The number of aliphatic hydroxyl groups is 1. The van der Waals surface area contributed by atoms with Gasteiger partial charge in [-0.2, -0.15) is 0 Å². The first-order chi connectivity index (χ1) is 11.2. The molecule has 0 fully saturated rings. The van der Waals surface area contributed by atoms with Crippen molar-refractivity contribution in [2.75, 3.05) is 0 Å². The summed E-state index contributed by atoms with van der Waals surface area (Å²) in [6, 6.07) is 4.08. The average Bonchev–Trinajstić information content (AvgIpc) is 3.08. The van der Waals surface area contributed by atoms with Gasteiger partial charge in [0.1, 0.15) is 13.7 Å². The third kappa shape index (κ3) is 2.94. The van der Waals surface area contributed by atoms with Crippen LogP contribution in [0.3, 0.4) is 0 Å². The van der Waals surface area contributed by atoms with Crippen LogP contribution in [0, 0.1) is 5.82 Å². The van der Waals surface area contributed by atoms with E-state index in [2.05, 4.69) is 9.97 Å². The highest BCUT2D eigenvalue weighted by atomic mass is 32.1. The van der Waals surface area contributed by atoms with Gasteiger partial charge in [0.25, 0.3) is 0 Å². The Morgan fingerprint density at radius 1 is 1.46 bits per heavy atom. The van der Waals surface area contributed by atoms with Crippen molar-refractivity contribution < 1.29 is 14.3 Å². The van der Waals surface area contributed by atoms with Gasteiger partial charge >= 0.3 is 0 Å². The van der Waals surface area contributed by atoms with E-state index in [1.807, 2.05) is 0 Å². The molecular formula is C15H10B3FN2O2S. The second-order valence-corrected chi connectivity index (χ2v) is 6.79. The van der Waals surface area contributed by atoms with Crippen molar-refractivity contribution in [2.24, 2.45) is 0 Å². The molecule has 1 unspecified atom stereocenters. The number of nitrogens with zero attached hydrogens (tertiary/aromatic N) is 1. The Balaban J connectivity index is 2.01. The molecule has 0 spiro atoms. The van der Waals surface area contributed by atoms with Crippen molar-refractivity contribution in [1.82, 2.24) is 9.97 Å². The zero-order valence-electron chi connectivity index (χ0n) is 12.7. The van der Waals surface area contributed by atoms with Crippen molar-refractivity contribution in [3.05, 3.63) is 46.5 Å². The van der Waals surface area contributed by atoms with Crippen LogP contribution in [0.4, 0.5) is 4.39 Å². The minimum Gasteiger partial charge on any atom is -0.388 e. The topological polar surface area (TPSA) is 66.0 Å². The fourth-order valence-corrected chi connectivity index (χ4v) is 3.15. The maximum absolute atomic E-state index is 13.2. The number of rotatable bonds is 4. The Labute approximate surface area is 145 Å². The van der Waals surface area contributed by atoms with Gasteiger partial charge in [-0.15, -0.1) is 11.3 Å². The Morgan fingerprint density at radius 2 is 2.17 bits per heavy atom. The van der Waals surface area contributed by atoms with Crippen LogP contribution in [0.2, 0.25) is 5.21 Å². The molecule has 114 valence electrons. The number of aliphatic hydroxyl groups excluding tert-OH is 1. The van der Waals surface area contributed by atoms with E-state index in [1.165, 1.54) is 31.3 Å². The van der Waals surface area contributed by atoms with Crippen LogP contribution in [0.5, 0.6) is 0 Å². The Kier molecular flexibility index (Phi) is 4.17. The van der Waals surface area contributed by atoms with Crippen molar-refractivity contribution in [1.29, 1.82) is 0 Å². The number of benzene rings is 1. The van der Waals surface area contributed by atoms with Crippen LogP contribution in [-0.4, -0.2) is 44.4 Å². The summed E-state index contributed by atoms with van der Waals surface area (Å²) in [5, 5.41) is 9.34. The molecule has 0 amide bonds. The summed E-state index contributed by atoms with van der Waals surface area (Å²) < 4.78 is 13.4. The molecule has 0 bridgehead atoms. The summed E-state index contributed by atoms with van der Waals surface area (Å²) >= 11 is 0.935. The molecule has 1 atom stereocenters. The van der Waals surface area contributed by atoms with Crippen LogP contribution in [0.1, 0.15) is 34.1 Å². The molecule has 3 rings (SSSR count). The largest absolute Gasteiger partial charge is 0.388 e. The Hall–Kier alpha value is -1.86. The Bertz CT molecular complexity index is 933. The second kappa shape index (κ2) is 5.90. The van der Waals surface area contributed by atoms with Gasteiger partial charge < -0.3 is 10.1 Å². The van der Waals surface area contributed by atoms with Gasteiger partial charge in [-0.05, 0) is 23.0 Å². The second-order valence-electron chi connectivity index (χ2n) is 5.76. The third-order valence-corrected chi connectivity index (χ3v) is 4.51. The molecular weight excluding hydrogens is 324 g/mol. The van der Waals surface area contributed by atoms with Gasteiger partial charge in [-0.1, -0.05) is 12.1 Å². The molecule has 0 aliphatic rings. The van der Waals surface area contributed by atoms with E-state index < -0.39 is 22.9 Å². The van der Waals surface area contributed by atoms with E-state index in [1.54, 1.807) is 0 Å². The van der Waals surface area contributed by atoms with E-state index in [0.29, 0.717) is 16.5 Å². The van der Waals surface area contributed by atoms with E-state index >= 15 is 0 Å². The number of fused-ring (bicyclic) bond motifs is 1. The first-order valence-electron chi connectivity index (χ1n) is 7.02. The van der Waals surface area contributed by atoms with Crippen molar-refractivity contribution in [3.8, 4) is 0 Å². The fourth-order valence-electron chi connectivity index (χ4n) is 2.33. The number of H-pyrrole nitrogens is 1. The SMILES string of the molecule is [B]c1sc(C(=O)c2c[nH]c3cc(F)ccc23)nc1C(O)C([B])([B])C. The van der Waals surface area contributed by atoms with Gasteiger partial charge in [-0.3, -0.25) is 4.79 Å². The Morgan fingerprint density at radius 3 is 2.83 bits per heavy atom. The average molecular weight is 334 g/mol. The standard InChI is InChI=1S/C15H10B3FN2O2S/c1-15(17,18)12(23)10-13(16)24-14(21-10)11(22)8-5-20-9-4-6(19)2-3-7(8)9/h2-5,12,20,23H,1H3. The summed E-state index contributed by atoms with van der Waals surface area (Å²) in [7, 11) is 17.2. The van der Waals surface area contributed by atoms with Crippen LogP contribution < -0.4 is 4.78 Å². The molecule has 2 N–H and O–H groups in total. The number of hydrogen-bond donors (Lipinski definition) is 2. The van der Waals surface area contributed by atoms with Crippen molar-refractivity contribution >= 4 is 56.3 Å². The van der Waals surface area contributed by atoms with E-state index in [9.17, 15) is 14.3 Å². The molecule has 3 aromatic rings. The summed E-state index contributed by atoms with van der Waals surface area (Å²) in [4.78, 5) is 19.6. The number of nitrogens with one attached hydrogen (secondary N) is 1. The first kappa shape index (κ1) is 17.0. The highest BCUT2D eigenvalue weighted by Crippen LogP contribution is 2.33. The lowest BCUT2D eigenvalue weighted by atomic mass is 9.52. The number of ketones is 1. The molecule has 4 nitrogen and oxygen atoms in total. The first-order valence-corrected chi connectivity index (χ1v) is 7.83. The number of aromatic nitrogens is 2. The minimum atomic E-state index is -1.44. The summed E-state index contributed by atoms with van der Waals surface area (Å²) in [6.07, 6.45) is 0.170. The van der Waals surface area contributed by atoms with Crippen molar-refractivity contribution in [3.63, 3.8) is 0 Å². The third-order valence-electron chi connectivity index (χ3n) is 3.61. The van der Waals surface area contributed by atoms with Crippen LogP contribution in [0.15, 0.2) is 24.4 Å². The predicted molar refractivity (Wildman–Crippen MR) is 94.0 cm³/mol. The molecule has 24 heavy (non-hydrogen) atoms. The number of halogens is 1. The highest BCUT2D eigenvalue weighted by Gasteiger charge is 2.28. The molecule has 0 saturated carbocycles. The molecule has 0 aliphatic heterocycles. The lowest BCUT2D eigenvalue weighted by molar-refractivity contribution is 0.103. The minimum absolute atomic E-state index is 0.0711. The van der Waals surface area contributed by atoms with Gasteiger partial charge in [0, 0.05) is 17.1 Å². The molecule has 1 aromatic carbocycles. The number of aromatic amines is 1. The van der Waals surface area contributed by atoms with Gasteiger partial charge in [0.15, 0.2) is 5.01 Å². The monoisotopic (exact) mass is 334 g/mol. The highest BCUT2D eigenvalue weighted by molar-refractivity contribution is 7.21. The smallest absolute Gasteiger partial charge is 0.223 e. The number of thiazole rings is 1. The van der Waals surface area contributed by atoms with Crippen LogP contribution in [-0.2, 0) is 0 Å². The number of carbonyl (C=O) groups is 1. The quantitative estimate of drug-likeness (QED) is 0.558. The lowest BCUT2D eigenvalue weighted by Gasteiger charge is -2.26. The van der Waals surface area contributed by atoms with Gasteiger partial charge in [0.05, 0.1) is 33.1 Å². The summed E-state index contributed by atoms with van der Waals surface area (Å²) in [5.74, 6) is -0.795. The summed E-state index contributed by atoms with van der Waals surface area (Å²) in [5.41, 5.74) is 0.907. The lowest BCUT2D eigenvalue weighted by Crippen LogP contribution is -2.23. The molecule has 6 radical (unpaired) electrons. The summed E-state index contributed by atoms with van der Waals surface area (Å²) in [6.45, 7) is 1.42. The number of hydrogen-bond acceptors (Lipinski definition) is 4. The molecule has 0 aliphatic carbocycles. The van der Waals surface area contributed by atoms with E-state index in [0.717, 1.165) is 11.3 Å². The van der Waals surface area contributed by atoms with E-state index in [-0.39, 0.29) is 15.5 Å². The van der Waals surface area contributed by atoms with Crippen molar-refractivity contribution in [2.45, 2.75) is 18.2 Å². The van der Waals surface area contributed by atoms with E-state index in [4.69, 9.17) is 23.5 Å². The number of carbonyl (C=O) groups excluding carboxylic acids is 1. The predicted octanol–water partition coefficient (Wildman–Crippen LogP) is 1.29. The fraction of sp³-hybridized carbons (Fsp3) is 0.200. The molecule has 9 heteroatoms.